The molecule has 2 heterocycles. The molecule has 0 N–H and O–H groups in total. The van der Waals surface area contributed by atoms with Crippen molar-refractivity contribution in [2.75, 3.05) is 0 Å². The van der Waals surface area contributed by atoms with Crippen molar-refractivity contribution < 1.29 is 8.78 Å². The maximum absolute atomic E-state index is 12.9. The van der Waals surface area contributed by atoms with Crippen LogP contribution in [0.3, 0.4) is 0 Å². The van der Waals surface area contributed by atoms with Crippen LogP contribution in [0.25, 0.3) is 10.6 Å². The van der Waals surface area contributed by atoms with Crippen molar-refractivity contribution in [3.63, 3.8) is 0 Å². The fourth-order valence-electron chi connectivity index (χ4n) is 1.38. The fourth-order valence-corrected chi connectivity index (χ4v) is 2.33. The Morgan fingerprint density at radius 1 is 1.41 bits per heavy atom. The van der Waals surface area contributed by atoms with Crippen LogP contribution in [0.2, 0.25) is 4.47 Å². The monoisotopic (exact) mass is 277 g/mol. The van der Waals surface area contributed by atoms with Crippen molar-refractivity contribution in [3.05, 3.63) is 22.4 Å². The summed E-state index contributed by atoms with van der Waals surface area (Å²) in [5.41, 5.74) is 0.178. The third-order valence-corrected chi connectivity index (χ3v) is 3.36. The molecule has 0 bridgehead atoms. The molecule has 0 unspecified atom stereocenters. The molecule has 0 radical (unpaired) electrons. The summed E-state index contributed by atoms with van der Waals surface area (Å²) >= 11 is 6.84. The van der Waals surface area contributed by atoms with E-state index in [1.807, 2.05) is 13.8 Å². The zero-order valence-corrected chi connectivity index (χ0v) is 10.8. The second-order valence-corrected chi connectivity index (χ2v) is 5.40. The van der Waals surface area contributed by atoms with E-state index in [0.29, 0.717) is 9.34 Å². The predicted octanol–water partition coefficient (Wildman–Crippen LogP) is 4.18. The minimum atomic E-state index is -2.56. The second-order valence-electron chi connectivity index (χ2n) is 3.78. The third kappa shape index (κ3) is 2.47. The lowest BCUT2D eigenvalue weighted by atomic mass is 10.2. The quantitative estimate of drug-likeness (QED) is 0.843. The summed E-state index contributed by atoms with van der Waals surface area (Å²) in [7, 11) is 0. The topological polar surface area (TPSA) is 30.7 Å². The van der Waals surface area contributed by atoms with Crippen LogP contribution in [-0.2, 0) is 0 Å². The molecule has 0 saturated carbocycles. The van der Waals surface area contributed by atoms with Crippen molar-refractivity contribution in [2.45, 2.75) is 26.3 Å². The fraction of sp³-hybridized carbons (Fsp3) is 0.400. The van der Waals surface area contributed by atoms with Gasteiger partial charge in [0.15, 0.2) is 4.47 Å². The van der Waals surface area contributed by atoms with Crippen LogP contribution >= 0.6 is 22.9 Å². The highest BCUT2D eigenvalue weighted by molar-refractivity contribution is 7.18. The summed E-state index contributed by atoms with van der Waals surface area (Å²) in [4.78, 5) is 4.40. The Morgan fingerprint density at radius 2 is 2.12 bits per heavy atom. The van der Waals surface area contributed by atoms with Gasteiger partial charge in [-0.25, -0.2) is 13.8 Å². The number of rotatable bonds is 3. The zero-order valence-electron chi connectivity index (χ0n) is 9.19. The number of nitrogens with zero attached hydrogens (tertiary/aromatic N) is 3. The van der Waals surface area contributed by atoms with Crippen LogP contribution in [0, 0.1) is 0 Å². The maximum Gasteiger partial charge on any atom is 0.267 e. The SMILES string of the molecule is CC(C)n1cc(C(F)F)c(-c2cnc(Cl)s2)n1. The van der Waals surface area contributed by atoms with Crippen molar-refractivity contribution in [1.29, 1.82) is 0 Å². The highest BCUT2D eigenvalue weighted by atomic mass is 35.5. The van der Waals surface area contributed by atoms with E-state index in [4.69, 9.17) is 11.6 Å². The summed E-state index contributed by atoms with van der Waals surface area (Å²) in [5, 5.41) is 4.16. The van der Waals surface area contributed by atoms with Gasteiger partial charge in [0.2, 0.25) is 0 Å². The van der Waals surface area contributed by atoms with Crippen LogP contribution in [0.4, 0.5) is 8.78 Å². The van der Waals surface area contributed by atoms with Crippen molar-refractivity contribution in [3.8, 4) is 10.6 Å². The van der Waals surface area contributed by atoms with Crippen molar-refractivity contribution in [2.24, 2.45) is 0 Å². The lowest BCUT2D eigenvalue weighted by molar-refractivity contribution is 0.152. The first kappa shape index (κ1) is 12.4. The Morgan fingerprint density at radius 3 is 2.59 bits per heavy atom. The van der Waals surface area contributed by atoms with Gasteiger partial charge in [-0.15, -0.1) is 11.3 Å². The number of alkyl halides is 2. The molecule has 3 nitrogen and oxygen atoms in total. The molecule has 2 rings (SSSR count). The number of hydrogen-bond donors (Lipinski definition) is 0. The Bertz CT molecular complexity index is 521. The molecule has 0 aliphatic heterocycles. The highest BCUT2D eigenvalue weighted by Gasteiger charge is 2.21. The van der Waals surface area contributed by atoms with Gasteiger partial charge in [0, 0.05) is 18.4 Å². The molecule has 7 heteroatoms. The van der Waals surface area contributed by atoms with E-state index < -0.39 is 6.43 Å². The number of halogens is 3. The van der Waals surface area contributed by atoms with Gasteiger partial charge in [0.25, 0.3) is 6.43 Å². The van der Waals surface area contributed by atoms with Crippen molar-refractivity contribution in [1.82, 2.24) is 14.8 Å². The first-order chi connectivity index (χ1) is 7.99. The van der Waals surface area contributed by atoms with Crippen LogP contribution in [0.15, 0.2) is 12.4 Å². The van der Waals surface area contributed by atoms with Gasteiger partial charge in [0.1, 0.15) is 5.69 Å². The van der Waals surface area contributed by atoms with Gasteiger partial charge in [-0.1, -0.05) is 11.6 Å². The predicted molar refractivity (Wildman–Crippen MR) is 63.7 cm³/mol. The lowest BCUT2D eigenvalue weighted by Crippen LogP contribution is -2.00. The molecule has 2 aromatic heterocycles. The Kier molecular flexibility index (Phi) is 3.44. The lowest BCUT2D eigenvalue weighted by Gasteiger charge is -2.02. The second kappa shape index (κ2) is 4.70. The molecule has 0 amide bonds. The van der Waals surface area contributed by atoms with Crippen LogP contribution in [0.5, 0.6) is 0 Å². The number of hydrogen-bond acceptors (Lipinski definition) is 3. The highest BCUT2D eigenvalue weighted by Crippen LogP contribution is 2.35. The summed E-state index contributed by atoms with van der Waals surface area (Å²) < 4.78 is 27.6. The molecule has 0 spiro atoms. The Labute approximate surface area is 106 Å². The smallest absolute Gasteiger partial charge is 0.267 e. The summed E-state index contributed by atoms with van der Waals surface area (Å²) in [6, 6.07) is 0.0321. The molecular formula is C10H10ClF2N3S. The third-order valence-electron chi connectivity index (χ3n) is 2.24. The van der Waals surface area contributed by atoms with Gasteiger partial charge in [0.05, 0.1) is 10.4 Å². The molecule has 0 fully saturated rings. The molecule has 0 saturated heterocycles. The van der Waals surface area contributed by atoms with Crippen LogP contribution < -0.4 is 0 Å². The van der Waals surface area contributed by atoms with Gasteiger partial charge in [-0.2, -0.15) is 5.10 Å². The van der Waals surface area contributed by atoms with E-state index in [2.05, 4.69) is 10.1 Å². The number of thiazole rings is 1. The molecule has 0 atom stereocenters. The average Bonchev–Trinajstić information content (AvgIpc) is 2.82. The molecule has 2 aromatic rings. The molecular weight excluding hydrogens is 268 g/mol. The molecule has 17 heavy (non-hydrogen) atoms. The minimum Gasteiger partial charge on any atom is -0.269 e. The zero-order chi connectivity index (χ0) is 12.6. The van der Waals surface area contributed by atoms with Crippen LogP contribution in [0.1, 0.15) is 31.9 Å². The largest absolute Gasteiger partial charge is 0.269 e. The first-order valence-corrected chi connectivity index (χ1v) is 6.17. The van der Waals surface area contributed by atoms with Crippen LogP contribution in [-0.4, -0.2) is 14.8 Å². The molecule has 92 valence electrons. The maximum atomic E-state index is 12.9. The summed E-state index contributed by atoms with van der Waals surface area (Å²) in [5.74, 6) is 0. The summed E-state index contributed by atoms with van der Waals surface area (Å²) in [6.45, 7) is 3.76. The molecule has 0 aromatic carbocycles. The van der Waals surface area contributed by atoms with E-state index in [1.165, 1.54) is 17.1 Å². The minimum absolute atomic E-state index is 0.0321. The van der Waals surface area contributed by atoms with Crippen molar-refractivity contribution >= 4 is 22.9 Å². The van der Waals surface area contributed by atoms with E-state index in [9.17, 15) is 8.78 Å². The molecule has 0 aliphatic rings. The number of aromatic nitrogens is 3. The van der Waals surface area contributed by atoms with Gasteiger partial charge in [-0.05, 0) is 13.8 Å². The first-order valence-electron chi connectivity index (χ1n) is 4.98. The van der Waals surface area contributed by atoms with E-state index in [1.54, 1.807) is 0 Å². The Hall–Kier alpha value is -1.01. The standard InChI is InChI=1S/C10H10ClF2N3S/c1-5(2)16-4-6(9(12)13)8(15-16)7-3-14-10(11)17-7/h3-5,9H,1-2H3. The van der Waals surface area contributed by atoms with E-state index in [0.717, 1.165) is 11.3 Å². The van der Waals surface area contributed by atoms with Gasteiger partial charge in [-0.3, -0.25) is 4.68 Å². The normalized spacial score (nSPS) is 11.7. The van der Waals surface area contributed by atoms with Gasteiger partial charge >= 0.3 is 0 Å². The summed E-state index contributed by atoms with van der Waals surface area (Å²) in [6.07, 6.45) is 0.280. The molecule has 0 aliphatic carbocycles. The van der Waals surface area contributed by atoms with Gasteiger partial charge < -0.3 is 0 Å². The van der Waals surface area contributed by atoms with E-state index >= 15 is 0 Å². The average molecular weight is 278 g/mol. The Balaban J connectivity index is 2.51. The van der Waals surface area contributed by atoms with E-state index in [-0.39, 0.29) is 17.3 Å².